The van der Waals surface area contributed by atoms with Crippen LogP contribution in [-0.4, -0.2) is 11.1 Å². The summed E-state index contributed by atoms with van der Waals surface area (Å²) in [5, 5.41) is 8.63. The number of carbonyl (C=O) groups is 1. The van der Waals surface area contributed by atoms with E-state index in [4.69, 9.17) is 10.8 Å². The van der Waals surface area contributed by atoms with Crippen molar-refractivity contribution in [3.05, 3.63) is 53.6 Å². The van der Waals surface area contributed by atoms with Gasteiger partial charge in [-0.3, -0.25) is 4.79 Å². The number of fused-ring (bicyclic) bond motifs is 3. The number of benzene rings is 2. The zero-order chi connectivity index (χ0) is 19.8. The number of hydrogen-bond acceptors (Lipinski definition) is 2. The molecule has 3 N–H and O–H groups in total. The maximum atomic E-state index is 10.5. The summed E-state index contributed by atoms with van der Waals surface area (Å²) in [6.45, 7) is 0. The summed E-state index contributed by atoms with van der Waals surface area (Å²) in [6, 6.07) is 15.2. The van der Waals surface area contributed by atoms with Crippen LogP contribution in [0.15, 0.2) is 42.5 Å². The first kappa shape index (κ1) is 20.4. The van der Waals surface area contributed by atoms with E-state index in [1.54, 1.807) is 0 Å². The average molecular weight is 380 g/mol. The van der Waals surface area contributed by atoms with Gasteiger partial charge in [0.15, 0.2) is 0 Å². The molecule has 3 rings (SSSR count). The first-order valence-electron chi connectivity index (χ1n) is 10.9. The van der Waals surface area contributed by atoms with Crippen LogP contribution in [0.1, 0.15) is 87.7 Å². The van der Waals surface area contributed by atoms with Crippen LogP contribution in [-0.2, 0) is 4.79 Å². The van der Waals surface area contributed by atoms with E-state index < -0.39 is 5.97 Å². The Morgan fingerprint density at radius 2 is 1.39 bits per heavy atom. The molecule has 1 aliphatic carbocycles. The largest absolute Gasteiger partial charge is 0.481 e. The van der Waals surface area contributed by atoms with Crippen molar-refractivity contribution in [1.82, 2.24) is 0 Å². The van der Waals surface area contributed by atoms with Crippen molar-refractivity contribution in [2.45, 2.75) is 76.5 Å². The molecule has 0 saturated carbocycles. The highest BCUT2D eigenvalue weighted by atomic mass is 16.4. The van der Waals surface area contributed by atoms with Gasteiger partial charge in [0.05, 0.1) is 0 Å². The lowest BCUT2D eigenvalue weighted by Gasteiger charge is -2.14. The molecule has 0 aromatic heterocycles. The molecule has 0 amide bonds. The Balaban J connectivity index is 1.37. The van der Waals surface area contributed by atoms with Gasteiger partial charge in [0.1, 0.15) is 0 Å². The molecule has 3 nitrogen and oxygen atoms in total. The predicted molar refractivity (Wildman–Crippen MR) is 117 cm³/mol. The number of carboxylic acids is 1. The minimum absolute atomic E-state index is 0.319. The number of carboxylic acid groups (broad SMARTS) is 1. The zero-order valence-electron chi connectivity index (χ0n) is 16.8. The van der Waals surface area contributed by atoms with Gasteiger partial charge in [-0.2, -0.15) is 0 Å². The second kappa shape index (κ2) is 10.3. The van der Waals surface area contributed by atoms with Gasteiger partial charge in [-0.1, -0.05) is 81.7 Å². The Morgan fingerprint density at radius 1 is 0.786 bits per heavy atom. The third kappa shape index (κ3) is 5.37. The van der Waals surface area contributed by atoms with E-state index in [2.05, 4.69) is 36.4 Å². The maximum absolute atomic E-state index is 10.5. The molecule has 0 fully saturated rings. The van der Waals surface area contributed by atoms with Crippen LogP contribution in [0.4, 0.5) is 5.69 Å². The highest BCUT2D eigenvalue weighted by Gasteiger charge is 2.27. The predicted octanol–water partition coefficient (Wildman–Crippen LogP) is 6.76. The van der Waals surface area contributed by atoms with Gasteiger partial charge in [0.2, 0.25) is 0 Å². The Morgan fingerprint density at radius 3 is 2.11 bits per heavy atom. The van der Waals surface area contributed by atoms with Crippen molar-refractivity contribution in [2.75, 3.05) is 5.73 Å². The van der Waals surface area contributed by atoms with Crippen molar-refractivity contribution in [3.63, 3.8) is 0 Å². The monoisotopic (exact) mass is 379 g/mol. The Kier molecular flexibility index (Phi) is 7.53. The highest BCUT2D eigenvalue weighted by molar-refractivity contribution is 5.80. The number of unbranched alkanes of at least 4 members (excludes halogenated alkanes) is 8. The number of rotatable bonds is 12. The lowest BCUT2D eigenvalue weighted by atomic mass is 9.91. The smallest absolute Gasteiger partial charge is 0.303 e. The first-order chi connectivity index (χ1) is 13.7. The summed E-state index contributed by atoms with van der Waals surface area (Å²) >= 11 is 0. The molecule has 2 aromatic rings. The molecule has 0 aliphatic heterocycles. The summed E-state index contributed by atoms with van der Waals surface area (Å²) in [7, 11) is 0. The Labute approximate surface area is 169 Å². The second-order valence-corrected chi connectivity index (χ2v) is 8.10. The van der Waals surface area contributed by atoms with E-state index in [1.807, 2.05) is 6.07 Å². The molecular formula is C25H33NO2. The number of hydrogen-bond donors (Lipinski definition) is 2. The van der Waals surface area contributed by atoms with Crippen molar-refractivity contribution < 1.29 is 9.90 Å². The first-order valence-corrected chi connectivity index (χ1v) is 10.9. The van der Waals surface area contributed by atoms with Gasteiger partial charge in [-0.05, 0) is 47.2 Å². The molecule has 0 radical (unpaired) electrons. The maximum Gasteiger partial charge on any atom is 0.303 e. The quantitative estimate of drug-likeness (QED) is 0.316. The van der Waals surface area contributed by atoms with Crippen LogP contribution in [0.3, 0.4) is 0 Å². The summed E-state index contributed by atoms with van der Waals surface area (Å²) in [6.07, 6.45) is 12.2. The molecule has 0 spiro atoms. The molecule has 150 valence electrons. The number of aliphatic carboxylic acids is 1. The second-order valence-electron chi connectivity index (χ2n) is 8.10. The molecule has 0 saturated heterocycles. The summed E-state index contributed by atoms with van der Waals surface area (Å²) in [4.78, 5) is 10.5. The van der Waals surface area contributed by atoms with E-state index in [1.165, 1.54) is 73.6 Å². The van der Waals surface area contributed by atoms with Crippen LogP contribution >= 0.6 is 0 Å². The molecule has 28 heavy (non-hydrogen) atoms. The van der Waals surface area contributed by atoms with E-state index >= 15 is 0 Å². The number of anilines is 1. The normalized spacial score (nSPS) is 14.6. The van der Waals surface area contributed by atoms with Gasteiger partial charge < -0.3 is 10.8 Å². The van der Waals surface area contributed by atoms with Crippen LogP contribution in [0.25, 0.3) is 11.1 Å². The zero-order valence-corrected chi connectivity index (χ0v) is 16.8. The van der Waals surface area contributed by atoms with Crippen LogP contribution in [0.2, 0.25) is 0 Å². The van der Waals surface area contributed by atoms with E-state index in [0.29, 0.717) is 12.3 Å². The van der Waals surface area contributed by atoms with Gasteiger partial charge in [0.25, 0.3) is 0 Å². The molecular weight excluding hydrogens is 346 g/mol. The summed E-state index contributed by atoms with van der Waals surface area (Å²) in [5.41, 5.74) is 12.5. The fourth-order valence-corrected chi connectivity index (χ4v) is 4.50. The van der Waals surface area contributed by atoms with E-state index in [-0.39, 0.29) is 0 Å². The third-order valence-electron chi connectivity index (χ3n) is 5.96. The lowest BCUT2D eigenvalue weighted by molar-refractivity contribution is -0.137. The number of nitrogen functional groups attached to an aromatic ring is 1. The highest BCUT2D eigenvalue weighted by Crippen LogP contribution is 2.47. The van der Waals surface area contributed by atoms with Crippen LogP contribution < -0.4 is 5.73 Å². The Bertz CT molecular complexity index is 784. The lowest BCUT2D eigenvalue weighted by Crippen LogP contribution is -1.98. The fraction of sp³-hybridized carbons (Fsp3) is 0.480. The SMILES string of the molecule is Nc1ccc2c(c1)C(CCCCCCCCCCCC(=O)O)c1ccccc1-2. The molecule has 0 bridgehead atoms. The third-order valence-corrected chi connectivity index (χ3v) is 5.96. The molecule has 1 atom stereocenters. The van der Waals surface area contributed by atoms with E-state index in [9.17, 15) is 4.79 Å². The van der Waals surface area contributed by atoms with Crippen LogP contribution in [0.5, 0.6) is 0 Å². The summed E-state index contributed by atoms with van der Waals surface area (Å²) in [5.74, 6) is -0.181. The Hall–Kier alpha value is -2.29. The minimum atomic E-state index is -0.671. The van der Waals surface area contributed by atoms with Crippen molar-refractivity contribution in [1.29, 1.82) is 0 Å². The van der Waals surface area contributed by atoms with Gasteiger partial charge >= 0.3 is 5.97 Å². The molecule has 0 heterocycles. The molecule has 1 aliphatic rings. The van der Waals surface area contributed by atoms with Gasteiger partial charge in [0, 0.05) is 18.0 Å². The van der Waals surface area contributed by atoms with Gasteiger partial charge in [-0.15, -0.1) is 0 Å². The standard InChI is InChI=1S/C25H33NO2/c26-19-16-17-23-21-14-11-10-13-20(21)22(24(23)18-19)12-8-6-4-2-1-3-5-7-9-15-25(27)28/h10-11,13-14,16-18,22H,1-9,12,15,26H2,(H,27,28). The summed E-state index contributed by atoms with van der Waals surface area (Å²) < 4.78 is 0. The topological polar surface area (TPSA) is 63.3 Å². The van der Waals surface area contributed by atoms with Crippen molar-refractivity contribution in [2.24, 2.45) is 0 Å². The molecule has 2 aromatic carbocycles. The number of nitrogens with two attached hydrogens (primary N) is 1. The molecule has 3 heteroatoms. The van der Waals surface area contributed by atoms with Crippen molar-refractivity contribution >= 4 is 11.7 Å². The van der Waals surface area contributed by atoms with E-state index in [0.717, 1.165) is 18.5 Å². The average Bonchev–Trinajstić information content (AvgIpc) is 2.99. The fourth-order valence-electron chi connectivity index (χ4n) is 4.50. The van der Waals surface area contributed by atoms with Gasteiger partial charge in [-0.25, -0.2) is 0 Å². The van der Waals surface area contributed by atoms with Crippen LogP contribution in [0, 0.1) is 0 Å². The molecule has 1 unspecified atom stereocenters. The van der Waals surface area contributed by atoms with Crippen molar-refractivity contribution in [3.8, 4) is 11.1 Å². The minimum Gasteiger partial charge on any atom is -0.481 e.